The largest absolute Gasteiger partial charge is 0.490 e. The summed E-state index contributed by atoms with van der Waals surface area (Å²) in [6.45, 7) is 10.5. The van der Waals surface area contributed by atoms with Gasteiger partial charge in [0.15, 0.2) is 0 Å². The fourth-order valence-corrected chi connectivity index (χ4v) is 5.86. The highest BCUT2D eigenvalue weighted by Crippen LogP contribution is 2.40. The van der Waals surface area contributed by atoms with Crippen LogP contribution >= 0.6 is 0 Å². The summed E-state index contributed by atoms with van der Waals surface area (Å²) < 4.78 is 39.6. The number of carbonyl (C=O) groups is 1. The third kappa shape index (κ3) is 5.48. The number of anilines is 1. The lowest BCUT2D eigenvalue weighted by Crippen LogP contribution is -2.56. The van der Waals surface area contributed by atoms with Gasteiger partial charge in [-0.15, -0.1) is 0 Å². The van der Waals surface area contributed by atoms with Gasteiger partial charge in [0, 0.05) is 69.2 Å². The van der Waals surface area contributed by atoms with Gasteiger partial charge >= 0.3 is 5.97 Å². The van der Waals surface area contributed by atoms with E-state index in [0.29, 0.717) is 36.7 Å². The number of halogens is 2. The fraction of sp³-hybridized carbons (Fsp3) is 0.731. The second-order valence-corrected chi connectivity index (χ2v) is 10.4. The average molecular weight is 481 g/mol. The summed E-state index contributed by atoms with van der Waals surface area (Å²) in [5.74, 6) is -3.05. The molecular formula is C26H38F2N2O4. The molecule has 3 aliphatic rings. The van der Waals surface area contributed by atoms with E-state index < -0.39 is 11.9 Å². The van der Waals surface area contributed by atoms with E-state index in [0.717, 1.165) is 31.6 Å². The zero-order valence-corrected chi connectivity index (χ0v) is 20.7. The molecule has 1 saturated heterocycles. The Morgan fingerprint density at radius 1 is 1.21 bits per heavy atom. The van der Waals surface area contributed by atoms with Gasteiger partial charge in [-0.25, -0.2) is 13.6 Å². The summed E-state index contributed by atoms with van der Waals surface area (Å²) in [7, 11) is 0. The van der Waals surface area contributed by atoms with Crippen molar-refractivity contribution in [2.45, 2.75) is 103 Å². The van der Waals surface area contributed by atoms with Crippen LogP contribution in [-0.2, 0) is 4.74 Å². The first kappa shape index (κ1) is 25.2. The normalized spacial score (nSPS) is 29.9. The molecule has 2 atom stereocenters. The third-order valence-corrected chi connectivity index (χ3v) is 7.70. The summed E-state index contributed by atoms with van der Waals surface area (Å²) >= 11 is 0. The van der Waals surface area contributed by atoms with Crippen LogP contribution in [0.5, 0.6) is 5.75 Å². The molecule has 2 aliphatic carbocycles. The predicted molar refractivity (Wildman–Crippen MR) is 127 cm³/mol. The molecule has 0 radical (unpaired) electrons. The monoisotopic (exact) mass is 480 g/mol. The Labute approximate surface area is 201 Å². The quantitative estimate of drug-likeness (QED) is 0.585. The second-order valence-electron chi connectivity index (χ2n) is 10.4. The minimum atomic E-state index is -2.60. The summed E-state index contributed by atoms with van der Waals surface area (Å²) in [6, 6.07) is 3.94. The lowest BCUT2D eigenvalue weighted by atomic mass is 9.87. The molecule has 1 heterocycles. The standard InChI is InChI=1S/C26H38F2N2O4/c1-5-30(19-6-8-26(27,28)9-7-19)24-13-22(12-23(18(24)4)25(31)32)34-21-10-20(11-21)29-14-16(2)33-17(3)15-29/h12-13,16-17,19-21H,5-11,14-15H2,1-4H3,(H,31,32)/t16-,17+,20-,21-. The molecule has 0 unspecified atom stereocenters. The molecule has 34 heavy (non-hydrogen) atoms. The van der Waals surface area contributed by atoms with Gasteiger partial charge in [-0.3, -0.25) is 4.90 Å². The van der Waals surface area contributed by atoms with Crippen LogP contribution in [0.15, 0.2) is 12.1 Å². The highest BCUT2D eigenvalue weighted by Gasteiger charge is 2.39. The minimum Gasteiger partial charge on any atom is -0.490 e. The number of carboxylic acid groups (broad SMARTS) is 1. The van der Waals surface area contributed by atoms with E-state index in [1.807, 2.05) is 13.0 Å². The molecule has 1 aromatic rings. The smallest absolute Gasteiger partial charge is 0.336 e. The maximum atomic E-state index is 13.7. The Balaban J connectivity index is 1.48. The molecule has 0 bridgehead atoms. The second kappa shape index (κ2) is 9.97. The van der Waals surface area contributed by atoms with Gasteiger partial charge in [-0.05, 0) is 52.2 Å². The van der Waals surface area contributed by atoms with Crippen molar-refractivity contribution in [1.82, 2.24) is 4.90 Å². The first-order valence-corrected chi connectivity index (χ1v) is 12.6. The van der Waals surface area contributed by atoms with Crippen molar-refractivity contribution in [3.05, 3.63) is 23.3 Å². The zero-order valence-electron chi connectivity index (χ0n) is 20.7. The average Bonchev–Trinajstić information content (AvgIpc) is 2.72. The number of hydrogen-bond donors (Lipinski definition) is 1. The summed E-state index contributed by atoms with van der Waals surface area (Å²) in [5.41, 5.74) is 1.64. The van der Waals surface area contributed by atoms with Crippen LogP contribution in [0.4, 0.5) is 14.5 Å². The van der Waals surface area contributed by atoms with Gasteiger partial charge in [-0.1, -0.05) is 0 Å². The first-order chi connectivity index (χ1) is 16.1. The molecule has 190 valence electrons. The number of aromatic carboxylic acids is 1. The Hall–Kier alpha value is -1.93. The van der Waals surface area contributed by atoms with Gasteiger partial charge < -0.3 is 19.5 Å². The molecule has 6 nitrogen and oxygen atoms in total. The van der Waals surface area contributed by atoms with Crippen molar-refractivity contribution in [2.24, 2.45) is 0 Å². The Kier molecular flexibility index (Phi) is 7.38. The Bertz CT molecular complexity index is 870. The number of morpholine rings is 1. The van der Waals surface area contributed by atoms with Crippen LogP contribution in [0, 0.1) is 6.92 Å². The molecule has 1 aromatic carbocycles. The lowest BCUT2D eigenvalue weighted by Gasteiger charge is -2.47. The van der Waals surface area contributed by atoms with E-state index in [1.165, 1.54) is 0 Å². The number of nitrogens with zero attached hydrogens (tertiary/aromatic N) is 2. The van der Waals surface area contributed by atoms with Crippen LogP contribution in [0.2, 0.25) is 0 Å². The van der Waals surface area contributed by atoms with Gasteiger partial charge in [-0.2, -0.15) is 0 Å². The number of benzene rings is 1. The zero-order chi connectivity index (χ0) is 24.6. The topological polar surface area (TPSA) is 62.2 Å². The highest BCUT2D eigenvalue weighted by molar-refractivity contribution is 5.92. The lowest BCUT2D eigenvalue weighted by molar-refractivity contribution is -0.103. The third-order valence-electron chi connectivity index (χ3n) is 7.70. The molecule has 3 fully saturated rings. The maximum Gasteiger partial charge on any atom is 0.336 e. The number of hydrogen-bond acceptors (Lipinski definition) is 5. The van der Waals surface area contributed by atoms with Crippen LogP contribution in [0.25, 0.3) is 0 Å². The van der Waals surface area contributed by atoms with Crippen molar-refractivity contribution >= 4 is 11.7 Å². The van der Waals surface area contributed by atoms with Crippen LogP contribution in [0.3, 0.4) is 0 Å². The molecule has 2 saturated carbocycles. The molecule has 4 rings (SSSR count). The SMILES string of the molecule is CCN(c1cc(O[C@H]2C[C@H](N3C[C@@H](C)O[C@@H](C)C3)C2)cc(C(=O)O)c1C)C1CCC(F)(F)CC1. The fourth-order valence-electron chi connectivity index (χ4n) is 5.86. The van der Waals surface area contributed by atoms with Gasteiger partial charge in [0.05, 0.1) is 17.8 Å². The number of rotatable bonds is 7. The molecule has 8 heteroatoms. The Morgan fingerprint density at radius 3 is 2.38 bits per heavy atom. The van der Waals surface area contributed by atoms with E-state index >= 15 is 0 Å². The predicted octanol–water partition coefficient (Wildman–Crippen LogP) is 5.12. The molecule has 1 aliphatic heterocycles. The molecule has 0 amide bonds. The van der Waals surface area contributed by atoms with E-state index in [1.54, 1.807) is 13.0 Å². The number of alkyl halides is 2. The molecule has 0 spiro atoms. The van der Waals surface area contributed by atoms with E-state index in [4.69, 9.17) is 9.47 Å². The summed E-state index contributed by atoms with van der Waals surface area (Å²) in [6.07, 6.45) is 2.83. The molecular weight excluding hydrogens is 442 g/mol. The minimum absolute atomic E-state index is 0.0291. The van der Waals surface area contributed by atoms with Crippen LogP contribution in [0.1, 0.15) is 75.2 Å². The summed E-state index contributed by atoms with van der Waals surface area (Å²) in [5, 5.41) is 9.82. The molecule has 1 N–H and O–H groups in total. The first-order valence-electron chi connectivity index (χ1n) is 12.6. The maximum absolute atomic E-state index is 13.7. The van der Waals surface area contributed by atoms with Crippen molar-refractivity contribution in [1.29, 1.82) is 0 Å². The van der Waals surface area contributed by atoms with Crippen molar-refractivity contribution in [3.8, 4) is 5.75 Å². The Morgan fingerprint density at radius 2 is 1.82 bits per heavy atom. The van der Waals surface area contributed by atoms with Gasteiger partial charge in [0.2, 0.25) is 5.92 Å². The van der Waals surface area contributed by atoms with Crippen LogP contribution < -0.4 is 9.64 Å². The van der Waals surface area contributed by atoms with Crippen molar-refractivity contribution in [3.63, 3.8) is 0 Å². The van der Waals surface area contributed by atoms with E-state index in [2.05, 4.69) is 23.6 Å². The highest BCUT2D eigenvalue weighted by atomic mass is 19.3. The van der Waals surface area contributed by atoms with Gasteiger partial charge in [0.1, 0.15) is 11.9 Å². The van der Waals surface area contributed by atoms with E-state index in [-0.39, 0.29) is 42.8 Å². The molecule has 0 aromatic heterocycles. The summed E-state index contributed by atoms with van der Waals surface area (Å²) in [4.78, 5) is 16.6. The van der Waals surface area contributed by atoms with Crippen molar-refractivity contribution in [2.75, 3.05) is 24.5 Å². The van der Waals surface area contributed by atoms with Gasteiger partial charge in [0.25, 0.3) is 0 Å². The van der Waals surface area contributed by atoms with Crippen LogP contribution in [-0.4, -0.2) is 71.9 Å². The van der Waals surface area contributed by atoms with Crippen molar-refractivity contribution < 1.29 is 28.2 Å². The number of ether oxygens (including phenoxy) is 2. The number of carboxylic acids is 1. The van der Waals surface area contributed by atoms with E-state index in [9.17, 15) is 18.7 Å².